The molecule has 0 aliphatic carbocycles. The Morgan fingerprint density at radius 2 is 1.73 bits per heavy atom. The quantitative estimate of drug-likeness (QED) is 0.733. The third kappa shape index (κ3) is 1.88. The van der Waals surface area contributed by atoms with E-state index >= 15 is 0 Å². The number of nitrogens with zero attached hydrogens (tertiary/aromatic N) is 2. The Morgan fingerprint density at radius 1 is 1.00 bits per heavy atom. The molecule has 2 heterocycles. The molecule has 76 valence electrons. The van der Waals surface area contributed by atoms with Crippen LogP contribution < -0.4 is 11.5 Å². The van der Waals surface area contributed by atoms with E-state index in [-0.39, 0.29) is 0 Å². The van der Waals surface area contributed by atoms with Crippen LogP contribution in [0.15, 0.2) is 30.6 Å². The van der Waals surface area contributed by atoms with Crippen molar-refractivity contribution in [3.63, 3.8) is 0 Å². The molecule has 2 aromatic heterocycles. The van der Waals surface area contributed by atoms with Crippen molar-refractivity contribution in [2.75, 3.05) is 11.5 Å². The predicted octanol–water partition coefficient (Wildman–Crippen LogP) is 1.62. The highest BCUT2D eigenvalue weighted by molar-refractivity contribution is 5.66. The molecule has 0 aromatic carbocycles. The number of aryl methyl sites for hydroxylation is 1. The van der Waals surface area contributed by atoms with E-state index < -0.39 is 0 Å². The zero-order valence-electron chi connectivity index (χ0n) is 8.44. The van der Waals surface area contributed by atoms with Gasteiger partial charge >= 0.3 is 0 Å². The molecule has 15 heavy (non-hydrogen) atoms. The maximum absolute atomic E-state index is 5.78. The van der Waals surface area contributed by atoms with Crippen molar-refractivity contribution in [1.29, 1.82) is 0 Å². The molecule has 0 saturated carbocycles. The molecule has 0 radical (unpaired) electrons. The van der Waals surface area contributed by atoms with Crippen molar-refractivity contribution >= 4 is 11.5 Å². The van der Waals surface area contributed by atoms with Gasteiger partial charge < -0.3 is 11.5 Å². The lowest BCUT2D eigenvalue weighted by molar-refractivity contribution is 1.20. The van der Waals surface area contributed by atoms with E-state index in [0.29, 0.717) is 11.5 Å². The van der Waals surface area contributed by atoms with Crippen molar-refractivity contribution < 1.29 is 0 Å². The maximum atomic E-state index is 5.78. The third-order valence-corrected chi connectivity index (χ3v) is 2.25. The first-order valence-corrected chi connectivity index (χ1v) is 4.61. The Hall–Kier alpha value is -2.10. The van der Waals surface area contributed by atoms with Crippen LogP contribution in [-0.2, 0) is 0 Å². The van der Waals surface area contributed by atoms with Gasteiger partial charge in [-0.1, -0.05) is 0 Å². The fraction of sp³-hybridized carbons (Fsp3) is 0.0909. The molecule has 2 aromatic rings. The standard InChI is InChI=1S/C11H12N4/c1-7-10(12)4-9(6-14-7)8-2-3-11(13)15-5-8/h2-6H,12H2,1H3,(H2,13,15). The molecule has 0 bridgehead atoms. The highest BCUT2D eigenvalue weighted by atomic mass is 14.8. The number of aromatic nitrogens is 2. The van der Waals surface area contributed by atoms with E-state index in [1.54, 1.807) is 18.5 Å². The smallest absolute Gasteiger partial charge is 0.123 e. The first-order valence-electron chi connectivity index (χ1n) is 4.61. The van der Waals surface area contributed by atoms with E-state index in [1.165, 1.54) is 0 Å². The minimum atomic E-state index is 0.506. The number of anilines is 2. The van der Waals surface area contributed by atoms with Crippen LogP contribution in [0.25, 0.3) is 11.1 Å². The first-order chi connectivity index (χ1) is 7.16. The molecule has 0 fully saturated rings. The first kappa shape index (κ1) is 9.45. The molecule has 0 aliphatic heterocycles. The van der Waals surface area contributed by atoms with Gasteiger partial charge in [-0.3, -0.25) is 4.98 Å². The van der Waals surface area contributed by atoms with Gasteiger partial charge in [-0.2, -0.15) is 0 Å². The van der Waals surface area contributed by atoms with Crippen LogP contribution in [0.3, 0.4) is 0 Å². The van der Waals surface area contributed by atoms with Crippen LogP contribution in [0.4, 0.5) is 11.5 Å². The molecular weight excluding hydrogens is 188 g/mol. The number of rotatable bonds is 1. The van der Waals surface area contributed by atoms with Crippen LogP contribution in [0.2, 0.25) is 0 Å². The highest BCUT2D eigenvalue weighted by Crippen LogP contribution is 2.21. The molecule has 0 spiro atoms. The summed E-state index contributed by atoms with van der Waals surface area (Å²) in [5.74, 6) is 0.506. The maximum Gasteiger partial charge on any atom is 0.123 e. The average Bonchev–Trinajstić information content (AvgIpc) is 2.23. The van der Waals surface area contributed by atoms with Gasteiger partial charge in [0, 0.05) is 23.5 Å². The number of hydrogen-bond acceptors (Lipinski definition) is 4. The van der Waals surface area contributed by atoms with Gasteiger partial charge in [-0.15, -0.1) is 0 Å². The van der Waals surface area contributed by atoms with Crippen molar-refractivity contribution in [3.8, 4) is 11.1 Å². The van der Waals surface area contributed by atoms with Gasteiger partial charge in [0.2, 0.25) is 0 Å². The van der Waals surface area contributed by atoms with Gasteiger partial charge in [0.25, 0.3) is 0 Å². The molecule has 4 N–H and O–H groups in total. The Morgan fingerprint density at radius 3 is 2.33 bits per heavy atom. The van der Waals surface area contributed by atoms with Gasteiger partial charge in [-0.25, -0.2) is 4.98 Å². The molecule has 0 saturated heterocycles. The van der Waals surface area contributed by atoms with Crippen LogP contribution >= 0.6 is 0 Å². The molecule has 2 rings (SSSR count). The van der Waals surface area contributed by atoms with E-state index in [1.807, 2.05) is 19.1 Å². The van der Waals surface area contributed by atoms with Crippen molar-refractivity contribution in [1.82, 2.24) is 9.97 Å². The molecule has 0 atom stereocenters. The molecule has 4 nitrogen and oxygen atoms in total. The summed E-state index contributed by atoms with van der Waals surface area (Å²) < 4.78 is 0. The van der Waals surface area contributed by atoms with Gasteiger partial charge in [-0.05, 0) is 25.1 Å². The van der Waals surface area contributed by atoms with Gasteiger partial charge in [0.15, 0.2) is 0 Å². The summed E-state index contributed by atoms with van der Waals surface area (Å²) in [6.45, 7) is 1.88. The zero-order valence-corrected chi connectivity index (χ0v) is 8.44. The lowest BCUT2D eigenvalue weighted by Gasteiger charge is -2.04. The van der Waals surface area contributed by atoms with Gasteiger partial charge in [0.05, 0.1) is 11.4 Å². The van der Waals surface area contributed by atoms with E-state index in [0.717, 1.165) is 16.8 Å². The number of nitrogens with two attached hydrogens (primary N) is 2. The molecular formula is C11H12N4. The summed E-state index contributed by atoms with van der Waals surface area (Å²) >= 11 is 0. The molecule has 0 aliphatic rings. The average molecular weight is 200 g/mol. The Bertz CT molecular complexity index is 476. The second kappa shape index (κ2) is 3.57. The zero-order chi connectivity index (χ0) is 10.8. The van der Waals surface area contributed by atoms with Gasteiger partial charge in [0.1, 0.15) is 5.82 Å². The van der Waals surface area contributed by atoms with Crippen LogP contribution in [0, 0.1) is 6.92 Å². The monoisotopic (exact) mass is 200 g/mol. The van der Waals surface area contributed by atoms with Crippen LogP contribution in [0.5, 0.6) is 0 Å². The van der Waals surface area contributed by atoms with E-state index in [9.17, 15) is 0 Å². The second-order valence-corrected chi connectivity index (χ2v) is 3.37. The molecule has 0 unspecified atom stereocenters. The van der Waals surface area contributed by atoms with Crippen molar-refractivity contribution in [2.45, 2.75) is 6.92 Å². The summed E-state index contributed by atoms with van der Waals surface area (Å²) in [6, 6.07) is 5.54. The minimum absolute atomic E-state index is 0.506. The fourth-order valence-corrected chi connectivity index (χ4v) is 1.28. The fourth-order valence-electron chi connectivity index (χ4n) is 1.28. The normalized spacial score (nSPS) is 10.2. The summed E-state index contributed by atoms with van der Waals surface area (Å²) in [5.41, 5.74) is 14.7. The summed E-state index contributed by atoms with van der Waals surface area (Å²) in [6.07, 6.45) is 3.49. The summed E-state index contributed by atoms with van der Waals surface area (Å²) in [7, 11) is 0. The van der Waals surface area contributed by atoms with E-state index in [4.69, 9.17) is 11.5 Å². The Balaban J connectivity index is 2.45. The predicted molar refractivity (Wildman–Crippen MR) is 61.0 cm³/mol. The van der Waals surface area contributed by atoms with E-state index in [2.05, 4.69) is 9.97 Å². The minimum Gasteiger partial charge on any atom is -0.397 e. The summed E-state index contributed by atoms with van der Waals surface area (Å²) in [4.78, 5) is 8.21. The highest BCUT2D eigenvalue weighted by Gasteiger charge is 2.01. The van der Waals surface area contributed by atoms with Crippen molar-refractivity contribution in [3.05, 3.63) is 36.3 Å². The number of nitrogen functional groups attached to an aromatic ring is 2. The number of pyridine rings is 2. The van der Waals surface area contributed by atoms with Crippen molar-refractivity contribution in [2.24, 2.45) is 0 Å². The van der Waals surface area contributed by atoms with Crippen LogP contribution in [0.1, 0.15) is 5.69 Å². The lowest BCUT2D eigenvalue weighted by atomic mass is 10.1. The lowest BCUT2D eigenvalue weighted by Crippen LogP contribution is -1.94. The Labute approximate surface area is 88.0 Å². The molecule has 0 amide bonds. The SMILES string of the molecule is Cc1ncc(-c2ccc(N)nc2)cc1N. The topological polar surface area (TPSA) is 77.8 Å². The largest absolute Gasteiger partial charge is 0.397 e. The Kier molecular flexibility index (Phi) is 2.25. The van der Waals surface area contributed by atoms with Crippen LogP contribution in [-0.4, -0.2) is 9.97 Å². The summed E-state index contributed by atoms with van der Waals surface area (Å²) in [5, 5.41) is 0. The number of hydrogen-bond donors (Lipinski definition) is 2. The third-order valence-electron chi connectivity index (χ3n) is 2.25. The second-order valence-electron chi connectivity index (χ2n) is 3.37. The molecule has 4 heteroatoms.